The Morgan fingerprint density at radius 3 is 2.25 bits per heavy atom. The molecule has 0 bridgehead atoms. The van der Waals surface area contributed by atoms with E-state index in [1.165, 1.54) is 12.1 Å². The summed E-state index contributed by atoms with van der Waals surface area (Å²) in [4.78, 5) is 51.9. The van der Waals surface area contributed by atoms with Crippen LogP contribution in [0.4, 0.5) is 0 Å². The van der Waals surface area contributed by atoms with Crippen LogP contribution in [0.3, 0.4) is 0 Å². The van der Waals surface area contributed by atoms with Crippen LogP contribution in [0.1, 0.15) is 27.1 Å². The van der Waals surface area contributed by atoms with Crippen LogP contribution in [0, 0.1) is 5.92 Å². The van der Waals surface area contributed by atoms with Gasteiger partial charge in [0, 0.05) is 6.54 Å². The van der Waals surface area contributed by atoms with Gasteiger partial charge in [-0.2, -0.15) is 0 Å². The number of carbonyl (C=O) groups is 4. The SMILES string of the molecule is O=C1NCCC1C(=O)ON1C(=O)c2ccccc2C1=O. The number of rotatable bonds is 2. The van der Waals surface area contributed by atoms with Gasteiger partial charge in [0.05, 0.1) is 11.1 Å². The third-order valence-corrected chi connectivity index (χ3v) is 3.27. The average Bonchev–Trinajstić information content (AvgIpc) is 2.97. The van der Waals surface area contributed by atoms with Crippen molar-refractivity contribution in [2.75, 3.05) is 6.54 Å². The summed E-state index contributed by atoms with van der Waals surface area (Å²) in [5, 5.41) is 2.90. The highest BCUT2D eigenvalue weighted by atomic mass is 16.7. The summed E-state index contributed by atoms with van der Waals surface area (Å²) in [5.41, 5.74) is 0.363. The molecule has 2 heterocycles. The van der Waals surface area contributed by atoms with Gasteiger partial charge in [-0.1, -0.05) is 17.2 Å². The summed E-state index contributed by atoms with van der Waals surface area (Å²) in [6.07, 6.45) is 0.292. The van der Waals surface area contributed by atoms with Gasteiger partial charge < -0.3 is 10.2 Å². The van der Waals surface area contributed by atoms with E-state index in [4.69, 9.17) is 4.84 Å². The average molecular weight is 274 g/mol. The smallest absolute Gasteiger partial charge is 0.345 e. The van der Waals surface area contributed by atoms with E-state index in [0.29, 0.717) is 18.0 Å². The Morgan fingerprint density at radius 2 is 1.75 bits per heavy atom. The first-order valence-electron chi connectivity index (χ1n) is 6.07. The Hall–Kier alpha value is -2.70. The van der Waals surface area contributed by atoms with Crippen molar-refractivity contribution >= 4 is 23.7 Å². The van der Waals surface area contributed by atoms with Gasteiger partial charge in [-0.3, -0.25) is 14.4 Å². The fourth-order valence-electron chi connectivity index (χ4n) is 2.22. The number of hydrogen-bond donors (Lipinski definition) is 1. The van der Waals surface area contributed by atoms with Crippen molar-refractivity contribution in [1.82, 2.24) is 10.4 Å². The molecule has 0 radical (unpaired) electrons. The first kappa shape index (κ1) is 12.3. The minimum atomic E-state index is -0.973. The summed E-state index contributed by atoms with van der Waals surface area (Å²) >= 11 is 0. The molecule has 7 nitrogen and oxygen atoms in total. The van der Waals surface area contributed by atoms with E-state index in [0.717, 1.165) is 0 Å². The molecule has 1 unspecified atom stereocenters. The van der Waals surface area contributed by atoms with E-state index in [1.807, 2.05) is 0 Å². The molecule has 0 saturated carbocycles. The summed E-state index contributed by atoms with van der Waals surface area (Å²) in [5.74, 6) is -3.71. The zero-order valence-electron chi connectivity index (χ0n) is 10.3. The Bertz CT molecular complexity index is 604. The Labute approximate surface area is 113 Å². The van der Waals surface area contributed by atoms with Gasteiger partial charge in [0.15, 0.2) is 0 Å². The Kier molecular flexibility index (Phi) is 2.74. The number of nitrogens with one attached hydrogen (secondary N) is 1. The first-order valence-corrected chi connectivity index (χ1v) is 6.07. The number of hydrogen-bond acceptors (Lipinski definition) is 5. The molecule has 2 aliphatic rings. The van der Waals surface area contributed by atoms with Gasteiger partial charge in [0.25, 0.3) is 11.8 Å². The molecule has 0 spiro atoms. The van der Waals surface area contributed by atoms with Crippen molar-refractivity contribution in [1.29, 1.82) is 0 Å². The van der Waals surface area contributed by atoms with Crippen LogP contribution in [0.2, 0.25) is 0 Å². The van der Waals surface area contributed by atoms with Crippen LogP contribution in [-0.2, 0) is 14.4 Å². The molecule has 7 heteroatoms. The lowest BCUT2D eigenvalue weighted by atomic mass is 10.1. The van der Waals surface area contributed by atoms with E-state index in [9.17, 15) is 19.2 Å². The van der Waals surface area contributed by atoms with Crippen molar-refractivity contribution in [2.45, 2.75) is 6.42 Å². The summed E-state index contributed by atoms with van der Waals surface area (Å²) in [7, 11) is 0. The molecule has 1 saturated heterocycles. The molecule has 0 aromatic heterocycles. The summed E-state index contributed by atoms with van der Waals surface area (Å²) in [6.45, 7) is 0.376. The zero-order valence-corrected chi connectivity index (χ0v) is 10.3. The number of imide groups is 1. The van der Waals surface area contributed by atoms with Crippen LogP contribution in [0.25, 0.3) is 0 Å². The van der Waals surface area contributed by atoms with Gasteiger partial charge in [-0.25, -0.2) is 4.79 Å². The molecule has 0 aliphatic carbocycles. The van der Waals surface area contributed by atoms with Crippen LogP contribution in [0.15, 0.2) is 24.3 Å². The largest absolute Gasteiger partial charge is 0.355 e. The van der Waals surface area contributed by atoms with Crippen LogP contribution >= 0.6 is 0 Å². The van der Waals surface area contributed by atoms with Gasteiger partial charge in [-0.05, 0) is 18.6 Å². The van der Waals surface area contributed by atoms with Crippen molar-refractivity contribution < 1.29 is 24.0 Å². The van der Waals surface area contributed by atoms with Gasteiger partial charge in [0.1, 0.15) is 5.92 Å². The molecule has 1 fully saturated rings. The maximum Gasteiger partial charge on any atom is 0.345 e. The van der Waals surface area contributed by atoms with Crippen LogP contribution in [-0.4, -0.2) is 35.3 Å². The fourth-order valence-corrected chi connectivity index (χ4v) is 2.22. The molecule has 1 N–H and O–H groups in total. The van der Waals surface area contributed by atoms with E-state index in [-0.39, 0.29) is 11.1 Å². The Balaban J connectivity index is 1.80. The predicted molar refractivity (Wildman–Crippen MR) is 64.2 cm³/mol. The van der Waals surface area contributed by atoms with Gasteiger partial charge in [-0.15, -0.1) is 0 Å². The topological polar surface area (TPSA) is 92.8 Å². The molecule has 1 aromatic carbocycles. The molecule has 3 rings (SSSR count). The van der Waals surface area contributed by atoms with E-state index >= 15 is 0 Å². The summed E-state index contributed by atoms with van der Waals surface area (Å²) in [6, 6.07) is 6.18. The van der Waals surface area contributed by atoms with E-state index in [2.05, 4.69) is 5.32 Å². The highest BCUT2D eigenvalue weighted by molar-refractivity contribution is 6.21. The lowest BCUT2D eigenvalue weighted by Crippen LogP contribution is -2.37. The standard InChI is InChI=1S/C13H10N2O5/c16-10-9(5-6-14-10)13(19)20-15-11(17)7-3-1-2-4-8(7)12(15)18/h1-4,9H,5-6H2,(H,14,16). The van der Waals surface area contributed by atoms with Crippen LogP contribution in [0.5, 0.6) is 0 Å². The number of nitrogens with zero attached hydrogens (tertiary/aromatic N) is 1. The maximum absolute atomic E-state index is 12.0. The molecular formula is C13H10N2O5. The highest BCUT2D eigenvalue weighted by Gasteiger charge is 2.41. The highest BCUT2D eigenvalue weighted by Crippen LogP contribution is 2.24. The van der Waals surface area contributed by atoms with E-state index < -0.39 is 29.6 Å². The monoisotopic (exact) mass is 274 g/mol. The lowest BCUT2D eigenvalue weighted by molar-refractivity contribution is -0.174. The van der Waals surface area contributed by atoms with Gasteiger partial charge in [0.2, 0.25) is 5.91 Å². The molecule has 20 heavy (non-hydrogen) atoms. The minimum Gasteiger partial charge on any atom is -0.355 e. The Morgan fingerprint density at radius 1 is 1.15 bits per heavy atom. The minimum absolute atomic E-state index is 0.182. The van der Waals surface area contributed by atoms with Crippen molar-refractivity contribution in [3.63, 3.8) is 0 Å². The molecule has 2 aliphatic heterocycles. The molecule has 3 amide bonds. The fraction of sp³-hybridized carbons (Fsp3) is 0.231. The summed E-state index contributed by atoms with van der Waals surface area (Å²) < 4.78 is 0. The van der Waals surface area contributed by atoms with Crippen LogP contribution < -0.4 is 5.32 Å². The molecule has 102 valence electrons. The number of carbonyl (C=O) groups excluding carboxylic acids is 4. The molecule has 1 atom stereocenters. The second kappa shape index (κ2) is 4.44. The quantitative estimate of drug-likeness (QED) is 0.599. The zero-order chi connectivity index (χ0) is 14.3. The third kappa shape index (κ3) is 1.75. The number of fused-ring (bicyclic) bond motifs is 1. The number of hydroxylamine groups is 2. The second-order valence-electron chi connectivity index (χ2n) is 4.49. The maximum atomic E-state index is 12.0. The first-order chi connectivity index (χ1) is 9.59. The van der Waals surface area contributed by atoms with Gasteiger partial charge >= 0.3 is 5.97 Å². The second-order valence-corrected chi connectivity index (χ2v) is 4.49. The van der Waals surface area contributed by atoms with Crippen molar-refractivity contribution in [2.24, 2.45) is 5.92 Å². The molecular weight excluding hydrogens is 264 g/mol. The molecule has 1 aromatic rings. The van der Waals surface area contributed by atoms with Crippen molar-refractivity contribution in [3.05, 3.63) is 35.4 Å². The number of amides is 3. The van der Waals surface area contributed by atoms with E-state index in [1.54, 1.807) is 12.1 Å². The normalized spacial score (nSPS) is 20.9. The number of benzene rings is 1. The third-order valence-electron chi connectivity index (χ3n) is 3.27. The lowest BCUT2D eigenvalue weighted by Gasteiger charge is -2.14. The predicted octanol–water partition coefficient (Wildman–Crippen LogP) is -0.123. The van der Waals surface area contributed by atoms with Crippen molar-refractivity contribution in [3.8, 4) is 0 Å².